The molecule has 0 saturated carbocycles. The molecular formula is C27H26N2. The molecule has 29 heavy (non-hydrogen) atoms. The van der Waals surface area contributed by atoms with Gasteiger partial charge in [0, 0.05) is 28.2 Å². The highest BCUT2D eigenvalue weighted by Crippen LogP contribution is 2.41. The normalized spacial score (nSPS) is 10.9. The molecule has 0 aliphatic carbocycles. The molecule has 0 spiro atoms. The number of nitrogens with one attached hydrogen (secondary N) is 1. The Hall–Kier alpha value is -3.52. The number of hydrogen-bond acceptors (Lipinski definition) is 2. The first-order chi connectivity index (χ1) is 14.1. The van der Waals surface area contributed by atoms with Gasteiger partial charge in [-0.2, -0.15) is 0 Å². The van der Waals surface area contributed by atoms with Gasteiger partial charge in [0.2, 0.25) is 0 Å². The molecule has 3 N–H and O–H groups in total. The van der Waals surface area contributed by atoms with Gasteiger partial charge in [0.1, 0.15) is 0 Å². The summed E-state index contributed by atoms with van der Waals surface area (Å²) in [5.41, 5.74) is 15.3. The molecule has 0 aromatic heterocycles. The highest BCUT2D eigenvalue weighted by Gasteiger charge is 2.17. The Bertz CT molecular complexity index is 1110. The van der Waals surface area contributed by atoms with E-state index < -0.39 is 0 Å². The number of benzene rings is 4. The molecule has 0 aliphatic heterocycles. The SMILES string of the molecule is CC(C)c1c(-c2ccccc2N)cccc1-c1ccccc1Nc1ccccc1. The Morgan fingerprint density at radius 3 is 1.83 bits per heavy atom. The van der Waals surface area contributed by atoms with Crippen molar-refractivity contribution >= 4 is 17.1 Å². The average molecular weight is 379 g/mol. The van der Waals surface area contributed by atoms with Crippen LogP contribution in [0.25, 0.3) is 22.3 Å². The summed E-state index contributed by atoms with van der Waals surface area (Å²) in [7, 11) is 0. The van der Waals surface area contributed by atoms with E-state index in [1.54, 1.807) is 0 Å². The van der Waals surface area contributed by atoms with Gasteiger partial charge in [-0.1, -0.05) is 86.6 Å². The lowest BCUT2D eigenvalue weighted by Gasteiger charge is -2.21. The number of rotatable bonds is 5. The van der Waals surface area contributed by atoms with Crippen LogP contribution in [-0.4, -0.2) is 0 Å². The number of hydrogen-bond donors (Lipinski definition) is 2. The Morgan fingerprint density at radius 2 is 1.14 bits per heavy atom. The van der Waals surface area contributed by atoms with Gasteiger partial charge in [-0.3, -0.25) is 0 Å². The quantitative estimate of drug-likeness (QED) is 0.353. The highest BCUT2D eigenvalue weighted by molar-refractivity contribution is 5.89. The Labute approximate surface area is 173 Å². The van der Waals surface area contributed by atoms with E-state index >= 15 is 0 Å². The summed E-state index contributed by atoms with van der Waals surface area (Å²) in [4.78, 5) is 0. The van der Waals surface area contributed by atoms with E-state index in [1.807, 2.05) is 36.4 Å². The maximum atomic E-state index is 6.33. The Kier molecular flexibility index (Phi) is 5.35. The van der Waals surface area contributed by atoms with E-state index in [0.717, 1.165) is 22.6 Å². The molecule has 4 rings (SSSR count). The number of nitrogen functional groups attached to an aromatic ring is 1. The third-order valence-electron chi connectivity index (χ3n) is 5.20. The molecule has 2 nitrogen and oxygen atoms in total. The second-order valence-corrected chi connectivity index (χ2v) is 7.55. The Morgan fingerprint density at radius 1 is 0.586 bits per heavy atom. The standard InChI is InChI=1S/C27H26N2/c1-19(2)27-23(21-13-6-8-17-25(21)28)15-10-16-24(27)22-14-7-9-18-26(22)29-20-11-4-3-5-12-20/h3-19,29H,28H2,1-2H3. The van der Waals surface area contributed by atoms with Gasteiger partial charge in [-0.15, -0.1) is 0 Å². The molecule has 0 saturated heterocycles. The minimum atomic E-state index is 0.352. The molecular weight excluding hydrogens is 352 g/mol. The van der Waals surface area contributed by atoms with Crippen LogP contribution in [0.3, 0.4) is 0 Å². The zero-order valence-electron chi connectivity index (χ0n) is 16.9. The van der Waals surface area contributed by atoms with Crippen molar-refractivity contribution < 1.29 is 0 Å². The van der Waals surface area contributed by atoms with Crippen molar-refractivity contribution in [3.8, 4) is 22.3 Å². The van der Waals surface area contributed by atoms with Crippen LogP contribution < -0.4 is 11.1 Å². The van der Waals surface area contributed by atoms with Crippen LogP contribution in [0, 0.1) is 0 Å². The fourth-order valence-electron chi connectivity index (χ4n) is 3.90. The number of para-hydroxylation sites is 3. The maximum absolute atomic E-state index is 6.33. The molecule has 0 unspecified atom stereocenters. The molecule has 144 valence electrons. The van der Waals surface area contributed by atoms with Crippen molar-refractivity contribution in [2.45, 2.75) is 19.8 Å². The highest BCUT2D eigenvalue weighted by atomic mass is 14.9. The van der Waals surface area contributed by atoms with Crippen LogP contribution >= 0.6 is 0 Å². The minimum Gasteiger partial charge on any atom is -0.398 e. The molecule has 0 atom stereocenters. The number of nitrogens with two attached hydrogens (primary N) is 1. The van der Waals surface area contributed by atoms with Gasteiger partial charge in [-0.05, 0) is 46.9 Å². The van der Waals surface area contributed by atoms with E-state index in [2.05, 4.69) is 79.8 Å². The second kappa shape index (κ2) is 8.24. The van der Waals surface area contributed by atoms with Crippen molar-refractivity contribution in [2.24, 2.45) is 0 Å². The van der Waals surface area contributed by atoms with E-state index in [-0.39, 0.29) is 0 Å². The van der Waals surface area contributed by atoms with Crippen LogP contribution in [0.1, 0.15) is 25.3 Å². The largest absolute Gasteiger partial charge is 0.398 e. The molecule has 0 fully saturated rings. The molecule has 2 heteroatoms. The lowest BCUT2D eigenvalue weighted by Crippen LogP contribution is -2.00. The Balaban J connectivity index is 1.89. The predicted octanol–water partition coefficient (Wildman–Crippen LogP) is 7.47. The zero-order valence-corrected chi connectivity index (χ0v) is 16.9. The third-order valence-corrected chi connectivity index (χ3v) is 5.20. The molecule has 0 aliphatic rings. The second-order valence-electron chi connectivity index (χ2n) is 7.55. The molecule has 4 aromatic rings. The smallest absolute Gasteiger partial charge is 0.0464 e. The van der Waals surface area contributed by atoms with Crippen molar-refractivity contribution in [3.05, 3.63) is 103 Å². The summed E-state index contributed by atoms with van der Waals surface area (Å²) < 4.78 is 0. The molecule has 0 radical (unpaired) electrons. The minimum absolute atomic E-state index is 0.352. The van der Waals surface area contributed by atoms with Crippen LogP contribution in [0.15, 0.2) is 97.1 Å². The summed E-state index contributed by atoms with van der Waals surface area (Å²) in [6.45, 7) is 4.49. The van der Waals surface area contributed by atoms with Gasteiger partial charge in [0.25, 0.3) is 0 Å². The molecule has 0 heterocycles. The van der Waals surface area contributed by atoms with E-state index in [1.165, 1.54) is 22.3 Å². The van der Waals surface area contributed by atoms with E-state index in [0.29, 0.717) is 5.92 Å². The van der Waals surface area contributed by atoms with Crippen LogP contribution in [0.4, 0.5) is 17.1 Å². The average Bonchev–Trinajstić information content (AvgIpc) is 2.75. The summed E-state index contributed by atoms with van der Waals surface area (Å²) >= 11 is 0. The fraction of sp³-hybridized carbons (Fsp3) is 0.111. The monoisotopic (exact) mass is 378 g/mol. The number of anilines is 3. The van der Waals surface area contributed by atoms with E-state index in [9.17, 15) is 0 Å². The van der Waals surface area contributed by atoms with Gasteiger partial charge >= 0.3 is 0 Å². The summed E-state index contributed by atoms with van der Waals surface area (Å²) in [6, 6.07) is 33.4. The van der Waals surface area contributed by atoms with Crippen molar-refractivity contribution in [3.63, 3.8) is 0 Å². The lowest BCUT2D eigenvalue weighted by atomic mass is 9.85. The summed E-state index contributed by atoms with van der Waals surface area (Å²) in [5.74, 6) is 0.352. The van der Waals surface area contributed by atoms with Crippen molar-refractivity contribution in [2.75, 3.05) is 11.1 Å². The van der Waals surface area contributed by atoms with Gasteiger partial charge in [0.05, 0.1) is 0 Å². The summed E-state index contributed by atoms with van der Waals surface area (Å²) in [5, 5.41) is 3.58. The van der Waals surface area contributed by atoms with Gasteiger partial charge in [0.15, 0.2) is 0 Å². The summed E-state index contributed by atoms with van der Waals surface area (Å²) in [6.07, 6.45) is 0. The van der Waals surface area contributed by atoms with Crippen LogP contribution in [0.2, 0.25) is 0 Å². The van der Waals surface area contributed by atoms with Crippen LogP contribution in [0.5, 0.6) is 0 Å². The molecule has 4 aromatic carbocycles. The third kappa shape index (κ3) is 3.88. The van der Waals surface area contributed by atoms with Crippen molar-refractivity contribution in [1.29, 1.82) is 0 Å². The molecule has 0 bridgehead atoms. The lowest BCUT2D eigenvalue weighted by molar-refractivity contribution is 0.871. The van der Waals surface area contributed by atoms with Gasteiger partial charge < -0.3 is 11.1 Å². The zero-order chi connectivity index (χ0) is 20.2. The first kappa shape index (κ1) is 18.8. The van der Waals surface area contributed by atoms with Gasteiger partial charge in [-0.25, -0.2) is 0 Å². The fourth-order valence-corrected chi connectivity index (χ4v) is 3.90. The maximum Gasteiger partial charge on any atom is 0.0464 e. The molecule has 0 amide bonds. The predicted molar refractivity (Wildman–Crippen MR) is 126 cm³/mol. The van der Waals surface area contributed by atoms with Crippen molar-refractivity contribution in [1.82, 2.24) is 0 Å². The first-order valence-corrected chi connectivity index (χ1v) is 10.0. The topological polar surface area (TPSA) is 38.0 Å². The van der Waals surface area contributed by atoms with Crippen LogP contribution in [-0.2, 0) is 0 Å². The van der Waals surface area contributed by atoms with E-state index in [4.69, 9.17) is 5.73 Å². The first-order valence-electron chi connectivity index (χ1n) is 10.0.